The lowest BCUT2D eigenvalue weighted by Crippen LogP contribution is -2.36. The molecule has 0 aliphatic carbocycles. The third-order valence-electron chi connectivity index (χ3n) is 3.62. The molecule has 7 nitrogen and oxygen atoms in total. The number of ether oxygens (including phenoxy) is 1. The Labute approximate surface area is 154 Å². The van der Waals surface area contributed by atoms with Gasteiger partial charge < -0.3 is 15.4 Å². The van der Waals surface area contributed by atoms with Crippen molar-refractivity contribution in [2.24, 2.45) is 4.99 Å². The number of hydrogen-bond acceptors (Lipinski definition) is 4. The van der Waals surface area contributed by atoms with Crippen molar-refractivity contribution in [3.8, 4) is 5.75 Å². The summed E-state index contributed by atoms with van der Waals surface area (Å²) in [6.45, 7) is 0.969. The number of aliphatic imine (C=N–C) groups is 1. The second-order valence-electron chi connectivity index (χ2n) is 5.62. The van der Waals surface area contributed by atoms with Gasteiger partial charge >= 0.3 is 0 Å². The molecule has 140 valence electrons. The normalized spacial score (nSPS) is 11.7. The molecule has 0 saturated heterocycles. The van der Waals surface area contributed by atoms with Crippen molar-refractivity contribution in [2.45, 2.75) is 13.1 Å². The molecule has 0 saturated carbocycles. The lowest BCUT2D eigenvalue weighted by Gasteiger charge is -2.15. The Morgan fingerprint density at radius 3 is 2.19 bits per heavy atom. The lowest BCUT2D eigenvalue weighted by atomic mass is 10.2. The van der Waals surface area contributed by atoms with E-state index in [1.165, 1.54) is 0 Å². The predicted molar refractivity (Wildman–Crippen MR) is 105 cm³/mol. The smallest absolute Gasteiger partial charge is 0.229 e. The molecule has 0 amide bonds. The van der Waals surface area contributed by atoms with Crippen LogP contribution in [0.2, 0.25) is 0 Å². The molecular weight excluding hydrogens is 352 g/mol. The average Bonchev–Trinajstić information content (AvgIpc) is 2.62. The zero-order valence-electron chi connectivity index (χ0n) is 15.1. The quantitative estimate of drug-likeness (QED) is 0.507. The van der Waals surface area contributed by atoms with Gasteiger partial charge in [0.15, 0.2) is 5.96 Å². The van der Waals surface area contributed by atoms with Crippen LogP contribution in [0.4, 0.5) is 5.69 Å². The van der Waals surface area contributed by atoms with Gasteiger partial charge in [-0.25, -0.2) is 8.42 Å². The van der Waals surface area contributed by atoms with E-state index < -0.39 is 10.0 Å². The van der Waals surface area contributed by atoms with Crippen LogP contribution in [0.1, 0.15) is 11.1 Å². The Kier molecular flexibility index (Phi) is 6.85. The fourth-order valence-corrected chi connectivity index (χ4v) is 3.00. The van der Waals surface area contributed by atoms with Crippen molar-refractivity contribution < 1.29 is 13.2 Å². The number of rotatable bonds is 7. The highest BCUT2D eigenvalue weighted by Crippen LogP contribution is 2.17. The van der Waals surface area contributed by atoms with Gasteiger partial charge in [0, 0.05) is 25.7 Å². The molecular formula is C18H24N4O3S. The molecule has 0 aliphatic rings. The molecule has 0 aliphatic heterocycles. The highest BCUT2D eigenvalue weighted by Gasteiger charge is 2.08. The Morgan fingerprint density at radius 1 is 1.00 bits per heavy atom. The van der Waals surface area contributed by atoms with E-state index in [9.17, 15) is 8.42 Å². The SMILES string of the molecule is CN=C(NCc1ccccc1NS(C)(=O)=O)NCc1ccccc1OC. The first-order chi connectivity index (χ1) is 12.4. The number of methoxy groups -OCH3 is 1. The molecule has 2 aromatic rings. The van der Waals surface area contributed by atoms with E-state index in [0.717, 1.165) is 23.1 Å². The van der Waals surface area contributed by atoms with Gasteiger partial charge in [-0.05, 0) is 17.7 Å². The Morgan fingerprint density at radius 2 is 1.58 bits per heavy atom. The first-order valence-corrected chi connectivity index (χ1v) is 9.94. The average molecular weight is 376 g/mol. The van der Waals surface area contributed by atoms with E-state index in [0.29, 0.717) is 24.7 Å². The zero-order chi connectivity index (χ0) is 19.0. The summed E-state index contributed by atoms with van der Waals surface area (Å²) in [5.41, 5.74) is 2.37. The van der Waals surface area contributed by atoms with Crippen molar-refractivity contribution in [3.63, 3.8) is 0 Å². The van der Waals surface area contributed by atoms with Crippen molar-refractivity contribution in [2.75, 3.05) is 25.1 Å². The topological polar surface area (TPSA) is 91.8 Å². The molecule has 0 atom stereocenters. The van der Waals surface area contributed by atoms with E-state index >= 15 is 0 Å². The number of nitrogens with one attached hydrogen (secondary N) is 3. The van der Waals surface area contributed by atoms with Crippen LogP contribution in [0.3, 0.4) is 0 Å². The number of para-hydroxylation sites is 2. The monoisotopic (exact) mass is 376 g/mol. The van der Waals surface area contributed by atoms with Crippen LogP contribution in [0.5, 0.6) is 5.75 Å². The number of guanidine groups is 1. The maximum Gasteiger partial charge on any atom is 0.229 e. The van der Waals surface area contributed by atoms with Crippen molar-refractivity contribution in [1.29, 1.82) is 0 Å². The molecule has 2 aromatic carbocycles. The molecule has 0 spiro atoms. The highest BCUT2D eigenvalue weighted by atomic mass is 32.2. The summed E-state index contributed by atoms with van der Waals surface area (Å²) in [7, 11) is -0.0200. The number of sulfonamides is 1. The van der Waals surface area contributed by atoms with Gasteiger partial charge in [0.25, 0.3) is 0 Å². The molecule has 0 unspecified atom stereocenters. The first-order valence-electron chi connectivity index (χ1n) is 8.05. The van der Waals surface area contributed by atoms with E-state index in [1.54, 1.807) is 26.3 Å². The van der Waals surface area contributed by atoms with Crippen LogP contribution in [-0.2, 0) is 23.1 Å². The molecule has 3 N–H and O–H groups in total. The molecule has 26 heavy (non-hydrogen) atoms. The Balaban J connectivity index is 1.99. The number of hydrogen-bond donors (Lipinski definition) is 3. The van der Waals surface area contributed by atoms with E-state index in [2.05, 4.69) is 20.3 Å². The second-order valence-corrected chi connectivity index (χ2v) is 7.37. The third-order valence-corrected chi connectivity index (χ3v) is 4.21. The maximum atomic E-state index is 11.5. The van der Waals surface area contributed by atoms with Crippen LogP contribution in [0.25, 0.3) is 0 Å². The van der Waals surface area contributed by atoms with E-state index in [-0.39, 0.29) is 0 Å². The summed E-state index contributed by atoms with van der Waals surface area (Å²) < 4.78 is 30.8. The van der Waals surface area contributed by atoms with Gasteiger partial charge in [0.05, 0.1) is 19.1 Å². The number of anilines is 1. The molecule has 0 radical (unpaired) electrons. The molecule has 8 heteroatoms. The van der Waals surface area contributed by atoms with Crippen molar-refractivity contribution in [1.82, 2.24) is 10.6 Å². The number of benzene rings is 2. The molecule has 0 fully saturated rings. The largest absolute Gasteiger partial charge is 0.496 e. The molecule has 0 aromatic heterocycles. The standard InChI is InChI=1S/C18H24N4O3S/c1-19-18(21-13-15-9-5-7-11-17(15)25-2)20-12-14-8-4-6-10-16(14)22-26(3,23)24/h4-11,22H,12-13H2,1-3H3,(H2,19,20,21). The summed E-state index contributed by atoms with van der Waals surface area (Å²) in [5, 5.41) is 6.40. The van der Waals surface area contributed by atoms with Crippen molar-refractivity contribution in [3.05, 3.63) is 59.7 Å². The minimum Gasteiger partial charge on any atom is -0.496 e. The molecule has 0 heterocycles. The molecule has 2 rings (SSSR count). The second kappa shape index (κ2) is 9.10. The summed E-state index contributed by atoms with van der Waals surface area (Å²) in [4.78, 5) is 4.19. The minimum atomic E-state index is -3.34. The predicted octanol–water partition coefficient (Wildman–Crippen LogP) is 1.93. The fourth-order valence-electron chi connectivity index (χ4n) is 2.40. The van der Waals surface area contributed by atoms with Gasteiger partial charge in [-0.3, -0.25) is 9.71 Å². The van der Waals surface area contributed by atoms with Gasteiger partial charge in [-0.1, -0.05) is 36.4 Å². The van der Waals surface area contributed by atoms with Crippen LogP contribution in [-0.4, -0.2) is 34.8 Å². The highest BCUT2D eigenvalue weighted by molar-refractivity contribution is 7.92. The van der Waals surface area contributed by atoms with Gasteiger partial charge in [0.1, 0.15) is 5.75 Å². The van der Waals surface area contributed by atoms with Crippen LogP contribution >= 0.6 is 0 Å². The third kappa shape index (κ3) is 5.96. The van der Waals surface area contributed by atoms with Crippen LogP contribution in [0.15, 0.2) is 53.5 Å². The first kappa shape index (κ1) is 19.6. The minimum absolute atomic E-state index is 0.421. The van der Waals surface area contributed by atoms with Crippen LogP contribution in [0, 0.1) is 0 Å². The van der Waals surface area contributed by atoms with Gasteiger partial charge in [-0.15, -0.1) is 0 Å². The molecule has 0 bridgehead atoms. The zero-order valence-corrected chi connectivity index (χ0v) is 15.9. The van der Waals surface area contributed by atoms with E-state index in [4.69, 9.17) is 4.74 Å². The lowest BCUT2D eigenvalue weighted by molar-refractivity contribution is 0.409. The summed E-state index contributed by atoms with van der Waals surface area (Å²) in [6, 6.07) is 15.0. The Bertz CT molecular complexity index is 866. The van der Waals surface area contributed by atoms with Gasteiger partial charge in [0.2, 0.25) is 10.0 Å². The summed E-state index contributed by atoms with van der Waals surface area (Å²) in [5.74, 6) is 1.41. The van der Waals surface area contributed by atoms with E-state index in [1.807, 2.05) is 36.4 Å². The van der Waals surface area contributed by atoms with Crippen molar-refractivity contribution >= 4 is 21.7 Å². The number of nitrogens with zero attached hydrogens (tertiary/aromatic N) is 1. The Hall–Kier alpha value is -2.74. The van der Waals surface area contributed by atoms with Gasteiger partial charge in [-0.2, -0.15) is 0 Å². The van der Waals surface area contributed by atoms with Crippen LogP contribution < -0.4 is 20.1 Å². The fraction of sp³-hybridized carbons (Fsp3) is 0.278. The maximum absolute atomic E-state index is 11.5. The summed E-state index contributed by atoms with van der Waals surface area (Å²) >= 11 is 0. The summed E-state index contributed by atoms with van der Waals surface area (Å²) in [6.07, 6.45) is 1.13.